The van der Waals surface area contributed by atoms with E-state index in [4.69, 9.17) is 9.98 Å². The normalized spacial score (nSPS) is 19.5. The van der Waals surface area contributed by atoms with Crippen molar-refractivity contribution in [2.24, 2.45) is 9.98 Å². The van der Waals surface area contributed by atoms with Gasteiger partial charge in [0, 0.05) is 22.3 Å². The summed E-state index contributed by atoms with van der Waals surface area (Å²) in [7, 11) is 0. The molecule has 0 fully saturated rings. The minimum absolute atomic E-state index is 0.00117. The molecule has 7 aromatic rings. The van der Waals surface area contributed by atoms with Gasteiger partial charge in [0.15, 0.2) is 5.84 Å². The van der Waals surface area contributed by atoms with Crippen LogP contribution in [0.1, 0.15) is 129 Å². The minimum atomic E-state index is -0.462. The molecule has 0 heterocycles. The van der Waals surface area contributed by atoms with Gasteiger partial charge < -0.3 is 0 Å². The van der Waals surface area contributed by atoms with Crippen LogP contribution < -0.4 is 0 Å². The van der Waals surface area contributed by atoms with Crippen molar-refractivity contribution >= 4 is 17.2 Å². The topological polar surface area (TPSA) is 24.7 Å². The Kier molecular flexibility index (Phi) is 8.43. The van der Waals surface area contributed by atoms with Gasteiger partial charge in [-0.1, -0.05) is 201 Å². The van der Waals surface area contributed by atoms with Crippen molar-refractivity contribution < 1.29 is 0 Å². The zero-order valence-corrected chi connectivity index (χ0v) is 37.3. The van der Waals surface area contributed by atoms with Crippen molar-refractivity contribution in [3.8, 4) is 33.4 Å². The van der Waals surface area contributed by atoms with E-state index in [1.807, 2.05) is 0 Å². The third-order valence-corrected chi connectivity index (χ3v) is 14.7. The molecule has 1 unspecified atom stereocenters. The first-order chi connectivity index (χ1) is 29.8. The van der Waals surface area contributed by atoms with Crippen LogP contribution in [0.2, 0.25) is 0 Å². The fraction of sp³-hybridized carbons (Fsp3) is 0.233. The molecule has 7 aromatic carbocycles. The van der Waals surface area contributed by atoms with Gasteiger partial charge in [-0.25, -0.2) is 9.98 Å². The summed E-state index contributed by atoms with van der Waals surface area (Å²) in [6.07, 6.45) is 3.97. The van der Waals surface area contributed by atoms with E-state index in [0.717, 1.165) is 46.8 Å². The maximum absolute atomic E-state index is 5.70. The van der Waals surface area contributed by atoms with Gasteiger partial charge in [-0.05, 0) is 119 Å². The zero-order chi connectivity index (χ0) is 42.8. The fourth-order valence-corrected chi connectivity index (χ4v) is 11.1. The van der Waals surface area contributed by atoms with E-state index in [9.17, 15) is 0 Å². The van der Waals surface area contributed by atoms with E-state index < -0.39 is 5.41 Å². The quantitative estimate of drug-likeness (QED) is 0.125. The Labute approximate surface area is 367 Å². The maximum Gasteiger partial charge on any atom is 0.160 e. The summed E-state index contributed by atoms with van der Waals surface area (Å²) in [6.45, 7) is 18.7. The molecule has 0 saturated heterocycles. The molecule has 0 N–H and O–H groups in total. The van der Waals surface area contributed by atoms with E-state index >= 15 is 0 Å². The van der Waals surface area contributed by atoms with E-state index in [1.165, 1.54) is 77.9 Å². The number of aliphatic imine (C=N–C) groups is 2. The first-order valence-corrected chi connectivity index (χ1v) is 22.5. The predicted octanol–water partition coefficient (Wildman–Crippen LogP) is 15.0. The van der Waals surface area contributed by atoms with Gasteiger partial charge in [0.05, 0.1) is 11.1 Å². The molecule has 4 aliphatic rings. The molecule has 0 aliphatic heterocycles. The molecule has 1 atom stereocenters. The van der Waals surface area contributed by atoms with Crippen LogP contribution in [-0.2, 0) is 21.7 Å². The lowest BCUT2D eigenvalue weighted by Crippen LogP contribution is -2.27. The maximum atomic E-state index is 5.70. The smallest absolute Gasteiger partial charge is 0.160 e. The van der Waals surface area contributed by atoms with Gasteiger partial charge in [0.2, 0.25) is 0 Å². The molecule has 0 saturated carbocycles. The van der Waals surface area contributed by atoms with Crippen LogP contribution in [0.4, 0.5) is 0 Å². The number of rotatable bonds is 4. The van der Waals surface area contributed by atoms with Crippen molar-refractivity contribution in [3.63, 3.8) is 0 Å². The third kappa shape index (κ3) is 5.55. The number of allylic oxidation sites excluding steroid dienone is 1. The second kappa shape index (κ2) is 13.6. The molecule has 2 heteroatoms. The molecule has 2 nitrogen and oxygen atoms in total. The minimum Gasteiger partial charge on any atom is -0.233 e. The third-order valence-electron chi connectivity index (χ3n) is 14.7. The molecule has 11 rings (SSSR count). The molecular weight excluding hydrogens is 749 g/mol. The highest BCUT2D eigenvalue weighted by molar-refractivity contribution is 6.14. The highest BCUT2D eigenvalue weighted by Gasteiger charge is 2.52. The molecule has 0 radical (unpaired) electrons. The second-order valence-electron chi connectivity index (χ2n) is 20.1. The lowest BCUT2D eigenvalue weighted by atomic mass is 9.68. The van der Waals surface area contributed by atoms with E-state index in [2.05, 4.69) is 213 Å². The SMILES string of the molecule is CCC(=NC(=N/C1=C/CC(C)(C)c2ccc3c(c2)C2(c4ccccc4-c4ccc1cc42)c1cc(C(C)(C)C)ccc1-3)c1ccccc1)c1ccc2c(c1)C(C)(C)c1ccccc1-2. The molecule has 4 bridgehead atoms. The number of hydrogen-bond acceptors (Lipinski definition) is 1. The summed E-state index contributed by atoms with van der Waals surface area (Å²) in [5.74, 6) is 0.729. The van der Waals surface area contributed by atoms with Crippen LogP contribution in [0.3, 0.4) is 0 Å². The monoisotopic (exact) mass is 802 g/mol. The van der Waals surface area contributed by atoms with Gasteiger partial charge in [0.25, 0.3) is 0 Å². The zero-order valence-electron chi connectivity index (χ0n) is 37.3. The summed E-state index contributed by atoms with van der Waals surface area (Å²) >= 11 is 0. The van der Waals surface area contributed by atoms with Crippen LogP contribution in [0.25, 0.3) is 39.1 Å². The van der Waals surface area contributed by atoms with Gasteiger partial charge in [-0.3, -0.25) is 0 Å². The average Bonchev–Trinajstić information content (AvgIpc) is 3.83. The molecule has 304 valence electrons. The van der Waals surface area contributed by atoms with Crippen LogP contribution in [0.5, 0.6) is 0 Å². The molecule has 0 aromatic heterocycles. The van der Waals surface area contributed by atoms with Crippen LogP contribution >= 0.6 is 0 Å². The molecule has 62 heavy (non-hydrogen) atoms. The lowest BCUT2D eigenvalue weighted by molar-refractivity contribution is 0.533. The lowest BCUT2D eigenvalue weighted by Gasteiger charge is -2.33. The van der Waals surface area contributed by atoms with Crippen molar-refractivity contribution in [1.82, 2.24) is 0 Å². The Morgan fingerprint density at radius 3 is 1.84 bits per heavy atom. The Bertz CT molecular complexity index is 3110. The number of hydrogen-bond donors (Lipinski definition) is 0. The largest absolute Gasteiger partial charge is 0.233 e. The molecule has 0 amide bonds. The van der Waals surface area contributed by atoms with Gasteiger partial charge in [-0.2, -0.15) is 0 Å². The number of benzene rings is 7. The van der Waals surface area contributed by atoms with Crippen molar-refractivity contribution in [2.45, 2.75) is 89.9 Å². The van der Waals surface area contributed by atoms with Crippen molar-refractivity contribution in [1.29, 1.82) is 0 Å². The van der Waals surface area contributed by atoms with Crippen LogP contribution in [-0.4, -0.2) is 11.5 Å². The van der Waals surface area contributed by atoms with Crippen LogP contribution in [0.15, 0.2) is 168 Å². The predicted molar refractivity (Wildman–Crippen MR) is 261 cm³/mol. The van der Waals surface area contributed by atoms with Gasteiger partial charge in [-0.15, -0.1) is 0 Å². The number of nitrogens with zero attached hydrogens (tertiary/aromatic N) is 2. The number of amidine groups is 1. The van der Waals surface area contributed by atoms with Crippen LogP contribution in [0, 0.1) is 0 Å². The summed E-state index contributed by atoms with van der Waals surface area (Å²) in [5.41, 5.74) is 23.4. The summed E-state index contributed by atoms with van der Waals surface area (Å²) < 4.78 is 0. The second-order valence-corrected chi connectivity index (χ2v) is 20.1. The van der Waals surface area contributed by atoms with E-state index in [-0.39, 0.29) is 16.2 Å². The fourth-order valence-electron chi connectivity index (χ4n) is 11.1. The summed E-state index contributed by atoms with van der Waals surface area (Å²) in [5, 5.41) is 0. The molecule has 4 aliphatic carbocycles. The van der Waals surface area contributed by atoms with Gasteiger partial charge in [0.1, 0.15) is 0 Å². The average molecular weight is 803 g/mol. The first kappa shape index (κ1) is 38.5. The highest BCUT2D eigenvalue weighted by atomic mass is 14.9. The highest BCUT2D eigenvalue weighted by Crippen LogP contribution is 2.64. The molecular formula is C60H54N2. The van der Waals surface area contributed by atoms with E-state index in [0.29, 0.717) is 0 Å². The van der Waals surface area contributed by atoms with E-state index in [1.54, 1.807) is 0 Å². The Morgan fingerprint density at radius 1 is 0.532 bits per heavy atom. The Hall–Kier alpha value is -6.38. The Morgan fingerprint density at radius 2 is 1.11 bits per heavy atom. The van der Waals surface area contributed by atoms with Crippen molar-refractivity contribution in [3.05, 3.63) is 219 Å². The first-order valence-electron chi connectivity index (χ1n) is 22.5. The molecule has 1 spiro atoms. The summed E-state index contributed by atoms with van der Waals surface area (Å²) in [6, 6.07) is 57.3. The van der Waals surface area contributed by atoms with Crippen molar-refractivity contribution in [2.75, 3.05) is 0 Å². The standard InChI is InChI=1S/C60H54N2/c1-9-54(38-23-27-44-42-19-13-15-21-48(42)59(7,8)50(44)33-38)61-56(37-17-11-10-12-18-37)62-55-31-32-58(5,6)41-26-30-47-46-29-25-40(57(2,3)4)35-52(46)60(53(47)36-41)49-22-16-14-20-43(49)45-28-24-39(55)34-51(45)60/h10-31,33-36H,9,32H2,1-8H3/b55-31+,61-54?,62-56?. The van der Waals surface area contributed by atoms with Gasteiger partial charge >= 0.3 is 0 Å². The Balaban J connectivity index is 1.14. The number of fused-ring (bicyclic) bond motifs is 9. The summed E-state index contributed by atoms with van der Waals surface area (Å²) in [4.78, 5) is 11.3.